The Morgan fingerprint density at radius 3 is 2.42 bits per heavy atom. The van der Waals surface area contributed by atoms with Gasteiger partial charge in [-0.25, -0.2) is 0 Å². The van der Waals surface area contributed by atoms with Crippen LogP contribution in [0.25, 0.3) is 0 Å². The minimum absolute atomic E-state index is 0.176. The summed E-state index contributed by atoms with van der Waals surface area (Å²) in [5.74, 6) is -1.12. The Kier molecular flexibility index (Phi) is 4.94. The third kappa shape index (κ3) is 3.07. The van der Waals surface area contributed by atoms with Crippen LogP contribution in [-0.4, -0.2) is 34.9 Å². The molecule has 0 bridgehead atoms. The highest BCUT2D eigenvalue weighted by molar-refractivity contribution is 7.98. The Morgan fingerprint density at radius 2 is 1.83 bits per heavy atom. The van der Waals surface area contributed by atoms with E-state index in [0.717, 1.165) is 30.6 Å². The van der Waals surface area contributed by atoms with Crippen LogP contribution in [0, 0.1) is 11.8 Å². The first-order chi connectivity index (χ1) is 11.5. The number of carbonyl (C=O) groups excluding carboxylic acids is 3. The van der Waals surface area contributed by atoms with Crippen molar-refractivity contribution < 1.29 is 14.4 Å². The molecule has 1 heterocycles. The molecule has 3 atom stereocenters. The molecule has 2 fully saturated rings. The van der Waals surface area contributed by atoms with Crippen LogP contribution in [0.1, 0.15) is 32.6 Å². The molecule has 3 unspecified atom stereocenters. The van der Waals surface area contributed by atoms with Gasteiger partial charge in [0.05, 0.1) is 11.8 Å². The van der Waals surface area contributed by atoms with E-state index in [-0.39, 0.29) is 29.6 Å². The topological polar surface area (TPSA) is 66.5 Å². The second-order valence-electron chi connectivity index (χ2n) is 6.44. The van der Waals surface area contributed by atoms with Gasteiger partial charge in [0.25, 0.3) is 0 Å². The van der Waals surface area contributed by atoms with Gasteiger partial charge in [0, 0.05) is 10.6 Å². The number of fused-ring (bicyclic) bond motifs is 1. The first kappa shape index (κ1) is 17.0. The molecule has 1 aromatic rings. The van der Waals surface area contributed by atoms with E-state index in [1.54, 1.807) is 24.8 Å². The van der Waals surface area contributed by atoms with Gasteiger partial charge in [0.2, 0.25) is 17.7 Å². The average molecular weight is 346 g/mol. The van der Waals surface area contributed by atoms with Gasteiger partial charge in [-0.1, -0.05) is 18.9 Å². The van der Waals surface area contributed by atoms with E-state index in [9.17, 15) is 14.4 Å². The molecule has 1 aliphatic carbocycles. The number of hydrogen-bond donors (Lipinski definition) is 1. The molecular weight excluding hydrogens is 324 g/mol. The van der Waals surface area contributed by atoms with Gasteiger partial charge in [-0.15, -0.1) is 11.8 Å². The molecule has 0 spiro atoms. The zero-order chi connectivity index (χ0) is 17.3. The maximum atomic E-state index is 12.6. The number of amides is 3. The van der Waals surface area contributed by atoms with Crippen molar-refractivity contribution in [2.45, 2.75) is 43.5 Å². The van der Waals surface area contributed by atoms with Gasteiger partial charge in [0.15, 0.2) is 0 Å². The van der Waals surface area contributed by atoms with Crippen LogP contribution in [0.3, 0.4) is 0 Å². The highest BCUT2D eigenvalue weighted by Gasteiger charge is 2.50. The molecule has 5 nitrogen and oxygen atoms in total. The lowest BCUT2D eigenvalue weighted by Crippen LogP contribution is -2.46. The molecule has 1 saturated carbocycles. The van der Waals surface area contributed by atoms with E-state index < -0.39 is 6.04 Å². The van der Waals surface area contributed by atoms with Crippen LogP contribution < -0.4 is 5.32 Å². The lowest BCUT2D eigenvalue weighted by atomic mass is 9.81. The number of rotatable bonds is 4. The number of carbonyl (C=O) groups is 3. The zero-order valence-corrected chi connectivity index (χ0v) is 14.8. The van der Waals surface area contributed by atoms with Gasteiger partial charge in [0.1, 0.15) is 6.04 Å². The molecule has 1 N–H and O–H groups in total. The first-order valence-corrected chi connectivity index (χ1v) is 9.57. The summed E-state index contributed by atoms with van der Waals surface area (Å²) < 4.78 is 0. The van der Waals surface area contributed by atoms with Crippen LogP contribution in [-0.2, 0) is 14.4 Å². The Balaban J connectivity index is 1.73. The van der Waals surface area contributed by atoms with Crippen LogP contribution in [0.15, 0.2) is 29.2 Å². The standard InChI is InChI=1S/C18H22N2O3S/c1-11(16(21)19-12-6-5-7-13(10-12)24-2)20-17(22)14-8-3-4-9-15(14)18(20)23/h5-7,10-11,14-15H,3-4,8-9H2,1-2H3,(H,19,21). The Bertz CT molecular complexity index is 652. The Morgan fingerprint density at radius 1 is 1.21 bits per heavy atom. The molecular formula is C18H22N2O3S. The van der Waals surface area contributed by atoms with Crippen molar-refractivity contribution in [2.75, 3.05) is 11.6 Å². The van der Waals surface area contributed by atoms with Crippen molar-refractivity contribution in [1.29, 1.82) is 0 Å². The Labute approximate surface area is 146 Å². The van der Waals surface area contributed by atoms with Crippen molar-refractivity contribution >= 4 is 35.2 Å². The normalized spacial score (nSPS) is 24.7. The van der Waals surface area contributed by atoms with Crippen LogP contribution in [0.5, 0.6) is 0 Å². The predicted octanol–water partition coefficient (Wildman–Crippen LogP) is 2.91. The second kappa shape index (κ2) is 6.97. The number of thioether (sulfide) groups is 1. The largest absolute Gasteiger partial charge is 0.324 e. The summed E-state index contributed by atoms with van der Waals surface area (Å²) in [7, 11) is 0. The summed E-state index contributed by atoms with van der Waals surface area (Å²) in [4.78, 5) is 39.9. The maximum Gasteiger partial charge on any atom is 0.247 e. The first-order valence-electron chi connectivity index (χ1n) is 8.34. The van der Waals surface area contributed by atoms with Crippen molar-refractivity contribution in [2.24, 2.45) is 11.8 Å². The summed E-state index contributed by atoms with van der Waals surface area (Å²) in [5, 5.41) is 2.82. The third-order valence-electron chi connectivity index (χ3n) is 4.98. The van der Waals surface area contributed by atoms with E-state index in [2.05, 4.69) is 5.32 Å². The summed E-state index contributed by atoms with van der Waals surface area (Å²) in [6.45, 7) is 1.63. The van der Waals surface area contributed by atoms with Crippen molar-refractivity contribution in [3.05, 3.63) is 24.3 Å². The molecule has 0 aromatic heterocycles. The minimum atomic E-state index is -0.784. The fourth-order valence-electron chi connectivity index (χ4n) is 3.63. The maximum absolute atomic E-state index is 12.6. The minimum Gasteiger partial charge on any atom is -0.324 e. The Hall–Kier alpha value is -1.82. The summed E-state index contributed by atoms with van der Waals surface area (Å²) in [5.41, 5.74) is 0.676. The van der Waals surface area contributed by atoms with Gasteiger partial charge < -0.3 is 5.32 Å². The molecule has 1 aliphatic heterocycles. The SMILES string of the molecule is CSc1cccc(NC(=O)C(C)N2C(=O)C3CCCCC3C2=O)c1. The third-order valence-corrected chi connectivity index (χ3v) is 5.70. The van der Waals surface area contributed by atoms with Gasteiger partial charge >= 0.3 is 0 Å². The fraction of sp³-hybridized carbons (Fsp3) is 0.500. The molecule has 3 rings (SSSR count). The van der Waals surface area contributed by atoms with Gasteiger partial charge in [-0.05, 0) is 44.2 Å². The van der Waals surface area contributed by atoms with E-state index in [1.807, 2.05) is 24.5 Å². The molecule has 3 amide bonds. The summed E-state index contributed by atoms with van der Waals surface area (Å²) in [6, 6.07) is 6.73. The van der Waals surface area contributed by atoms with Crippen molar-refractivity contribution in [3.8, 4) is 0 Å². The number of anilines is 1. The van der Waals surface area contributed by atoms with Crippen molar-refractivity contribution in [3.63, 3.8) is 0 Å². The monoisotopic (exact) mass is 346 g/mol. The molecule has 1 saturated heterocycles. The van der Waals surface area contributed by atoms with E-state index in [4.69, 9.17) is 0 Å². The number of benzene rings is 1. The van der Waals surface area contributed by atoms with Crippen LogP contribution >= 0.6 is 11.8 Å². The average Bonchev–Trinajstić information content (AvgIpc) is 2.86. The molecule has 0 radical (unpaired) electrons. The van der Waals surface area contributed by atoms with Crippen molar-refractivity contribution in [1.82, 2.24) is 4.90 Å². The van der Waals surface area contributed by atoms with Crippen LogP contribution in [0.4, 0.5) is 5.69 Å². The van der Waals surface area contributed by atoms with Gasteiger partial charge in [-0.2, -0.15) is 0 Å². The fourth-order valence-corrected chi connectivity index (χ4v) is 4.09. The molecule has 2 aliphatic rings. The second-order valence-corrected chi connectivity index (χ2v) is 7.32. The number of imide groups is 1. The molecule has 128 valence electrons. The number of hydrogen-bond acceptors (Lipinski definition) is 4. The smallest absolute Gasteiger partial charge is 0.247 e. The molecule has 24 heavy (non-hydrogen) atoms. The lowest BCUT2D eigenvalue weighted by molar-refractivity contribution is -0.146. The molecule has 6 heteroatoms. The lowest BCUT2D eigenvalue weighted by Gasteiger charge is -2.22. The summed E-state index contributed by atoms with van der Waals surface area (Å²) >= 11 is 1.59. The number of likely N-dealkylation sites (tertiary alicyclic amines) is 1. The summed E-state index contributed by atoms with van der Waals surface area (Å²) in [6.07, 6.45) is 5.45. The highest BCUT2D eigenvalue weighted by atomic mass is 32.2. The highest BCUT2D eigenvalue weighted by Crippen LogP contribution is 2.38. The quantitative estimate of drug-likeness (QED) is 0.672. The number of nitrogens with one attached hydrogen (secondary N) is 1. The van der Waals surface area contributed by atoms with Crippen LogP contribution in [0.2, 0.25) is 0 Å². The predicted molar refractivity (Wildman–Crippen MR) is 93.6 cm³/mol. The zero-order valence-electron chi connectivity index (χ0n) is 14.0. The van der Waals surface area contributed by atoms with E-state index in [0.29, 0.717) is 5.69 Å². The van der Waals surface area contributed by atoms with E-state index in [1.165, 1.54) is 4.90 Å². The van der Waals surface area contributed by atoms with E-state index >= 15 is 0 Å². The van der Waals surface area contributed by atoms with Gasteiger partial charge in [-0.3, -0.25) is 19.3 Å². The number of nitrogens with zero attached hydrogens (tertiary/aromatic N) is 1. The molecule has 1 aromatic carbocycles.